The van der Waals surface area contributed by atoms with Crippen LogP contribution in [0.3, 0.4) is 0 Å². The van der Waals surface area contributed by atoms with E-state index < -0.39 is 0 Å². The molecular weight excluding hydrogens is 532 g/mol. The molecular formula is C42H30N2. The molecule has 0 aliphatic rings. The number of benzene rings is 7. The van der Waals surface area contributed by atoms with Crippen LogP contribution in [0, 0.1) is 0 Å². The van der Waals surface area contributed by atoms with Crippen molar-refractivity contribution in [2.75, 3.05) is 4.90 Å². The fourth-order valence-corrected chi connectivity index (χ4v) is 5.99. The van der Waals surface area contributed by atoms with Crippen molar-refractivity contribution in [2.45, 2.75) is 0 Å². The highest BCUT2D eigenvalue weighted by Crippen LogP contribution is 2.39. The van der Waals surface area contributed by atoms with Crippen molar-refractivity contribution in [3.8, 4) is 27.9 Å². The Morgan fingerprint density at radius 1 is 0.432 bits per heavy atom. The maximum absolute atomic E-state index is 9.61. The second-order valence-electron chi connectivity index (χ2n) is 10.7. The Bertz CT molecular complexity index is 2420. The Hall–Kier alpha value is -5.86. The van der Waals surface area contributed by atoms with Crippen molar-refractivity contribution in [1.82, 2.24) is 4.57 Å². The van der Waals surface area contributed by atoms with Gasteiger partial charge in [-0.3, -0.25) is 0 Å². The van der Waals surface area contributed by atoms with E-state index in [4.69, 9.17) is 4.11 Å². The summed E-state index contributed by atoms with van der Waals surface area (Å²) < 4.78 is 38.9. The molecule has 0 atom stereocenters. The molecule has 0 spiro atoms. The molecule has 2 heteroatoms. The van der Waals surface area contributed by atoms with E-state index in [1.165, 1.54) is 0 Å². The first-order valence-corrected chi connectivity index (χ1v) is 14.7. The van der Waals surface area contributed by atoms with Gasteiger partial charge in [-0.1, -0.05) is 115 Å². The minimum atomic E-state index is -0.218. The molecule has 0 saturated carbocycles. The van der Waals surface area contributed by atoms with Crippen molar-refractivity contribution < 1.29 is 5.48 Å². The largest absolute Gasteiger partial charge is 0.310 e. The van der Waals surface area contributed by atoms with Crippen LogP contribution >= 0.6 is 0 Å². The predicted octanol–water partition coefficient (Wildman–Crippen LogP) is 11.6. The zero-order valence-electron chi connectivity index (χ0n) is 27.9. The molecule has 1 heterocycles. The van der Waals surface area contributed by atoms with E-state index in [-0.39, 0.29) is 29.9 Å². The van der Waals surface area contributed by atoms with Crippen molar-refractivity contribution in [3.63, 3.8) is 0 Å². The van der Waals surface area contributed by atoms with Crippen LogP contribution in [0.15, 0.2) is 182 Å². The molecule has 0 unspecified atom stereocenters. The molecule has 0 aliphatic carbocycles. The Morgan fingerprint density at radius 3 is 1.80 bits per heavy atom. The van der Waals surface area contributed by atoms with Gasteiger partial charge in [0.1, 0.15) is 0 Å². The smallest absolute Gasteiger partial charge is 0.0651 e. The van der Waals surface area contributed by atoms with Crippen molar-refractivity contribution >= 4 is 38.9 Å². The number of aromatic nitrogens is 1. The van der Waals surface area contributed by atoms with Gasteiger partial charge in [-0.15, -0.1) is 0 Å². The average molecular weight is 567 g/mol. The lowest BCUT2D eigenvalue weighted by Gasteiger charge is -2.26. The highest BCUT2D eigenvalue weighted by molar-refractivity contribution is 6.10. The van der Waals surface area contributed by atoms with Gasteiger partial charge in [-0.2, -0.15) is 0 Å². The monoisotopic (exact) mass is 566 g/mol. The van der Waals surface area contributed by atoms with Gasteiger partial charge in [0.05, 0.1) is 16.5 Å². The number of rotatable bonds is 6. The molecule has 0 fully saturated rings. The Morgan fingerprint density at radius 2 is 1.02 bits per heavy atom. The molecule has 0 aliphatic heterocycles. The molecule has 7 aromatic carbocycles. The summed E-state index contributed by atoms with van der Waals surface area (Å²) in [5, 5.41) is 2.05. The van der Waals surface area contributed by atoms with E-state index in [1.807, 2.05) is 126 Å². The highest BCUT2D eigenvalue weighted by Gasteiger charge is 2.16. The number of hydrogen-bond donors (Lipinski definition) is 0. The van der Waals surface area contributed by atoms with Gasteiger partial charge in [-0.05, 0) is 88.9 Å². The third-order valence-electron chi connectivity index (χ3n) is 8.06. The topological polar surface area (TPSA) is 8.17 Å². The summed E-state index contributed by atoms with van der Waals surface area (Å²) in [5.74, 6) is 0. The zero-order valence-corrected chi connectivity index (χ0v) is 23.9. The molecule has 44 heavy (non-hydrogen) atoms. The Balaban J connectivity index is 1.34. The molecule has 0 amide bonds. The fourth-order valence-electron chi connectivity index (χ4n) is 5.99. The summed E-state index contributed by atoms with van der Waals surface area (Å²) in [6, 6.07) is 51.8. The van der Waals surface area contributed by atoms with Gasteiger partial charge in [0.2, 0.25) is 0 Å². The summed E-state index contributed by atoms with van der Waals surface area (Å²) in [6.07, 6.45) is 0. The first-order valence-electron chi connectivity index (χ1n) is 16.7. The Kier molecular flexibility index (Phi) is 5.49. The Labute approximate surface area is 263 Å². The molecule has 0 saturated heterocycles. The van der Waals surface area contributed by atoms with E-state index >= 15 is 0 Å². The summed E-state index contributed by atoms with van der Waals surface area (Å²) >= 11 is 0. The maximum atomic E-state index is 9.61. The second kappa shape index (κ2) is 11.1. The minimum absolute atomic E-state index is 0.0307. The lowest BCUT2D eigenvalue weighted by Crippen LogP contribution is -2.09. The van der Waals surface area contributed by atoms with Gasteiger partial charge < -0.3 is 9.47 Å². The lowest BCUT2D eigenvalue weighted by atomic mass is 10.0. The lowest BCUT2D eigenvalue weighted by molar-refractivity contribution is 1.18. The van der Waals surface area contributed by atoms with Gasteiger partial charge in [0.15, 0.2) is 0 Å². The molecule has 0 N–H and O–H groups in total. The first-order chi connectivity index (χ1) is 23.5. The van der Waals surface area contributed by atoms with E-state index in [9.17, 15) is 1.37 Å². The standard InChI is InChI=1S/C42H30N2/c1-4-13-31(14-5-1)32-23-26-37(27-24-32)43(35-16-6-2-7-17-35)38-20-12-15-33(29-38)34-25-28-42-40(30-34)39-21-10-11-22-41(39)44(42)36-18-8-3-9-19-36/h1-30H/i12D,15D,20D,29D. The second-order valence-corrected chi connectivity index (χ2v) is 10.7. The van der Waals surface area contributed by atoms with Crippen LogP contribution in [0.2, 0.25) is 0 Å². The molecule has 0 bridgehead atoms. The SMILES string of the molecule is [2H]c1c([2H])c(-c2ccc3c(c2)c2ccccc2n3-c2ccccc2)c([2H])c(N(c2ccccc2)c2ccc(-c3ccccc3)cc2)c1[2H]. The quantitative estimate of drug-likeness (QED) is 0.194. The van der Waals surface area contributed by atoms with E-state index in [0.717, 1.165) is 50.0 Å². The number of anilines is 3. The van der Waals surface area contributed by atoms with Crippen molar-refractivity contribution in [3.05, 3.63) is 182 Å². The van der Waals surface area contributed by atoms with Crippen LogP contribution in [0.5, 0.6) is 0 Å². The number of hydrogen-bond acceptors (Lipinski definition) is 1. The predicted molar refractivity (Wildman–Crippen MR) is 186 cm³/mol. The third-order valence-corrected chi connectivity index (χ3v) is 8.06. The normalized spacial score (nSPS) is 12.5. The fraction of sp³-hybridized carbons (Fsp3) is 0. The number of para-hydroxylation sites is 3. The summed E-state index contributed by atoms with van der Waals surface area (Å²) in [7, 11) is 0. The van der Waals surface area contributed by atoms with Crippen LogP contribution in [-0.2, 0) is 0 Å². The van der Waals surface area contributed by atoms with Crippen LogP contribution < -0.4 is 4.90 Å². The molecule has 208 valence electrons. The third kappa shape index (κ3) is 4.63. The van der Waals surface area contributed by atoms with Crippen LogP contribution in [0.1, 0.15) is 5.48 Å². The highest BCUT2D eigenvalue weighted by atomic mass is 15.1. The van der Waals surface area contributed by atoms with E-state index in [0.29, 0.717) is 11.1 Å². The van der Waals surface area contributed by atoms with Gasteiger partial charge in [-0.25, -0.2) is 0 Å². The first kappa shape index (κ1) is 21.8. The summed E-state index contributed by atoms with van der Waals surface area (Å²) in [6.45, 7) is 0. The van der Waals surface area contributed by atoms with E-state index in [2.05, 4.69) is 41.0 Å². The zero-order chi connectivity index (χ0) is 32.8. The summed E-state index contributed by atoms with van der Waals surface area (Å²) in [4.78, 5) is 1.86. The number of fused-ring (bicyclic) bond motifs is 3. The molecule has 8 aromatic rings. The minimum Gasteiger partial charge on any atom is -0.310 e. The number of nitrogens with zero attached hydrogens (tertiary/aromatic N) is 2. The molecule has 2 nitrogen and oxygen atoms in total. The van der Waals surface area contributed by atoms with Gasteiger partial charge in [0.25, 0.3) is 0 Å². The maximum Gasteiger partial charge on any atom is 0.0651 e. The van der Waals surface area contributed by atoms with Crippen LogP contribution in [0.25, 0.3) is 49.7 Å². The van der Waals surface area contributed by atoms with Crippen LogP contribution in [0.4, 0.5) is 17.1 Å². The summed E-state index contributed by atoms with van der Waals surface area (Å²) in [5.41, 5.74) is 8.03. The molecule has 8 rings (SSSR count). The molecule has 1 aromatic heterocycles. The van der Waals surface area contributed by atoms with Gasteiger partial charge in [0, 0.05) is 33.5 Å². The molecule has 0 radical (unpaired) electrons. The van der Waals surface area contributed by atoms with Crippen molar-refractivity contribution in [2.24, 2.45) is 0 Å². The average Bonchev–Trinajstić information content (AvgIpc) is 3.47. The van der Waals surface area contributed by atoms with Gasteiger partial charge >= 0.3 is 0 Å². The van der Waals surface area contributed by atoms with Crippen LogP contribution in [-0.4, -0.2) is 4.57 Å². The van der Waals surface area contributed by atoms with E-state index in [1.54, 1.807) is 0 Å². The van der Waals surface area contributed by atoms with Crippen molar-refractivity contribution in [1.29, 1.82) is 0 Å².